The molecule has 3 nitrogen and oxygen atoms in total. The van der Waals surface area contributed by atoms with Gasteiger partial charge in [-0.1, -0.05) is 12.1 Å². The van der Waals surface area contributed by atoms with E-state index in [1.54, 1.807) is 23.5 Å². The van der Waals surface area contributed by atoms with Crippen molar-refractivity contribution in [2.24, 2.45) is 0 Å². The summed E-state index contributed by atoms with van der Waals surface area (Å²) < 4.78 is 15.0. The van der Waals surface area contributed by atoms with Crippen LogP contribution in [-0.4, -0.2) is 4.98 Å². The number of fused-ring (bicyclic) bond motifs is 1. The summed E-state index contributed by atoms with van der Waals surface area (Å²) in [6.07, 6.45) is 0. The maximum atomic E-state index is 13.9. The van der Waals surface area contributed by atoms with Gasteiger partial charge in [-0.25, -0.2) is 9.37 Å². The Morgan fingerprint density at radius 3 is 2.81 bits per heavy atom. The molecule has 0 saturated carbocycles. The summed E-state index contributed by atoms with van der Waals surface area (Å²) in [5, 5.41) is 12.8. The standard InChI is InChI=1S/C16H12FN3S/c1-10(16-20-14-4-2-3-5-15(14)21-16)19-13-7-6-11(9-18)8-12(13)17/h2-8,10,19H,1H3. The first-order valence-electron chi connectivity index (χ1n) is 6.49. The minimum absolute atomic E-state index is 0.107. The van der Waals surface area contributed by atoms with E-state index < -0.39 is 5.82 Å². The summed E-state index contributed by atoms with van der Waals surface area (Å²) in [6.45, 7) is 1.94. The summed E-state index contributed by atoms with van der Waals surface area (Å²) >= 11 is 1.59. The van der Waals surface area contributed by atoms with Crippen LogP contribution in [0.5, 0.6) is 0 Å². The second-order valence-electron chi connectivity index (χ2n) is 4.69. The van der Waals surface area contributed by atoms with Gasteiger partial charge in [-0.2, -0.15) is 5.26 Å². The van der Waals surface area contributed by atoms with Crippen LogP contribution >= 0.6 is 11.3 Å². The molecule has 0 spiro atoms. The predicted molar refractivity (Wildman–Crippen MR) is 82.8 cm³/mol. The van der Waals surface area contributed by atoms with Crippen molar-refractivity contribution < 1.29 is 4.39 Å². The van der Waals surface area contributed by atoms with Gasteiger partial charge in [0.25, 0.3) is 0 Å². The van der Waals surface area contributed by atoms with Gasteiger partial charge in [-0.05, 0) is 37.3 Å². The van der Waals surface area contributed by atoms with Crippen LogP contribution in [0.25, 0.3) is 10.2 Å². The van der Waals surface area contributed by atoms with E-state index in [1.165, 1.54) is 6.07 Å². The fraction of sp³-hybridized carbons (Fsp3) is 0.125. The second-order valence-corrected chi connectivity index (χ2v) is 5.75. The predicted octanol–water partition coefficient (Wildman–Crippen LogP) is 4.48. The minimum Gasteiger partial charge on any atom is -0.374 e. The van der Waals surface area contributed by atoms with Crippen LogP contribution in [0.15, 0.2) is 42.5 Å². The van der Waals surface area contributed by atoms with Crippen LogP contribution in [0, 0.1) is 17.1 Å². The largest absolute Gasteiger partial charge is 0.374 e. The molecule has 104 valence electrons. The molecule has 0 aliphatic heterocycles. The molecule has 0 amide bonds. The number of hydrogen-bond donors (Lipinski definition) is 1. The number of nitriles is 1. The second kappa shape index (κ2) is 5.51. The molecule has 1 unspecified atom stereocenters. The Bertz CT molecular complexity index is 802. The summed E-state index contributed by atoms with van der Waals surface area (Å²) in [5.74, 6) is -0.429. The number of nitrogens with one attached hydrogen (secondary N) is 1. The average molecular weight is 297 g/mol. The van der Waals surface area contributed by atoms with Gasteiger partial charge in [0.05, 0.1) is 33.6 Å². The molecule has 2 aromatic carbocycles. The van der Waals surface area contributed by atoms with Crippen LogP contribution in [0.3, 0.4) is 0 Å². The van der Waals surface area contributed by atoms with E-state index in [4.69, 9.17) is 5.26 Å². The molecule has 1 heterocycles. The highest BCUT2D eigenvalue weighted by Crippen LogP contribution is 2.29. The number of aromatic nitrogens is 1. The number of anilines is 1. The number of rotatable bonds is 3. The molecule has 0 aliphatic rings. The first kappa shape index (κ1) is 13.5. The maximum absolute atomic E-state index is 13.9. The summed E-state index contributed by atoms with van der Waals surface area (Å²) in [7, 11) is 0. The topological polar surface area (TPSA) is 48.7 Å². The van der Waals surface area contributed by atoms with Gasteiger partial charge in [0.15, 0.2) is 0 Å². The summed E-state index contributed by atoms with van der Waals surface area (Å²) in [5.41, 5.74) is 1.64. The maximum Gasteiger partial charge on any atom is 0.147 e. The van der Waals surface area contributed by atoms with Crippen molar-refractivity contribution in [1.82, 2.24) is 4.98 Å². The zero-order valence-electron chi connectivity index (χ0n) is 11.3. The molecule has 5 heteroatoms. The van der Waals surface area contributed by atoms with E-state index in [0.29, 0.717) is 11.3 Å². The highest BCUT2D eigenvalue weighted by atomic mass is 32.1. The molecule has 0 aliphatic carbocycles. The monoisotopic (exact) mass is 297 g/mol. The van der Waals surface area contributed by atoms with Gasteiger partial charge in [0.1, 0.15) is 10.8 Å². The van der Waals surface area contributed by atoms with Crippen molar-refractivity contribution >= 4 is 27.2 Å². The highest BCUT2D eigenvalue weighted by Gasteiger charge is 2.13. The first-order chi connectivity index (χ1) is 10.2. The number of thiazole rings is 1. The first-order valence-corrected chi connectivity index (χ1v) is 7.30. The lowest BCUT2D eigenvalue weighted by Gasteiger charge is -2.13. The van der Waals surface area contributed by atoms with E-state index >= 15 is 0 Å². The normalized spacial score (nSPS) is 12.0. The molecule has 1 N–H and O–H groups in total. The fourth-order valence-electron chi connectivity index (χ4n) is 2.07. The van der Waals surface area contributed by atoms with E-state index in [-0.39, 0.29) is 6.04 Å². The Balaban J connectivity index is 1.86. The minimum atomic E-state index is -0.429. The molecule has 3 aromatic rings. The Kier molecular flexibility index (Phi) is 3.55. The molecule has 1 aromatic heterocycles. The third-order valence-corrected chi connectivity index (χ3v) is 4.37. The van der Waals surface area contributed by atoms with Gasteiger partial charge in [0.2, 0.25) is 0 Å². The van der Waals surface area contributed by atoms with Gasteiger partial charge in [0, 0.05) is 0 Å². The lowest BCUT2D eigenvalue weighted by atomic mass is 10.2. The zero-order chi connectivity index (χ0) is 14.8. The number of nitrogens with zero attached hydrogens (tertiary/aromatic N) is 2. The van der Waals surface area contributed by atoms with Crippen molar-refractivity contribution in [1.29, 1.82) is 5.26 Å². The third-order valence-electron chi connectivity index (χ3n) is 3.15. The smallest absolute Gasteiger partial charge is 0.147 e. The molecular weight excluding hydrogens is 285 g/mol. The van der Waals surface area contributed by atoms with E-state index in [9.17, 15) is 4.39 Å². The van der Waals surface area contributed by atoms with E-state index in [1.807, 2.05) is 37.3 Å². The Hall–Kier alpha value is -2.45. The van der Waals surface area contributed by atoms with Crippen LogP contribution < -0.4 is 5.32 Å². The molecular formula is C16H12FN3S. The van der Waals surface area contributed by atoms with E-state index in [2.05, 4.69) is 10.3 Å². The molecule has 0 fully saturated rings. The average Bonchev–Trinajstić information content (AvgIpc) is 2.93. The fourth-order valence-corrected chi connectivity index (χ4v) is 3.04. The molecule has 1 atom stereocenters. The van der Waals surface area contributed by atoms with Crippen molar-refractivity contribution in [3.8, 4) is 6.07 Å². The number of hydrogen-bond acceptors (Lipinski definition) is 4. The Morgan fingerprint density at radius 1 is 1.29 bits per heavy atom. The lowest BCUT2D eigenvalue weighted by molar-refractivity contribution is 0.627. The van der Waals surface area contributed by atoms with Gasteiger partial charge >= 0.3 is 0 Å². The lowest BCUT2D eigenvalue weighted by Crippen LogP contribution is -2.07. The van der Waals surface area contributed by atoms with Crippen LogP contribution in [0.2, 0.25) is 0 Å². The third kappa shape index (κ3) is 2.71. The zero-order valence-corrected chi connectivity index (χ0v) is 12.1. The van der Waals surface area contributed by atoms with Crippen LogP contribution in [0.1, 0.15) is 23.5 Å². The van der Waals surface area contributed by atoms with Crippen molar-refractivity contribution in [2.45, 2.75) is 13.0 Å². The summed E-state index contributed by atoms with van der Waals surface area (Å²) in [6, 6.07) is 14.1. The van der Waals surface area contributed by atoms with Gasteiger partial charge in [-0.3, -0.25) is 0 Å². The van der Waals surface area contributed by atoms with Crippen molar-refractivity contribution in [2.75, 3.05) is 5.32 Å². The molecule has 0 saturated heterocycles. The molecule has 21 heavy (non-hydrogen) atoms. The van der Waals surface area contributed by atoms with Crippen molar-refractivity contribution in [3.05, 3.63) is 58.9 Å². The highest BCUT2D eigenvalue weighted by molar-refractivity contribution is 7.18. The molecule has 0 radical (unpaired) electrons. The SMILES string of the molecule is CC(Nc1ccc(C#N)cc1F)c1nc2ccccc2s1. The van der Waals surface area contributed by atoms with Crippen LogP contribution in [-0.2, 0) is 0 Å². The molecule has 3 rings (SSSR count). The van der Waals surface area contributed by atoms with E-state index in [0.717, 1.165) is 15.2 Å². The van der Waals surface area contributed by atoms with Gasteiger partial charge in [-0.15, -0.1) is 11.3 Å². The number of halogens is 1. The van der Waals surface area contributed by atoms with Crippen molar-refractivity contribution in [3.63, 3.8) is 0 Å². The Morgan fingerprint density at radius 2 is 2.10 bits per heavy atom. The van der Waals surface area contributed by atoms with Gasteiger partial charge < -0.3 is 5.32 Å². The number of benzene rings is 2. The molecule has 0 bridgehead atoms. The number of para-hydroxylation sites is 1. The summed E-state index contributed by atoms with van der Waals surface area (Å²) in [4.78, 5) is 4.55. The van der Waals surface area contributed by atoms with Crippen LogP contribution in [0.4, 0.5) is 10.1 Å². The quantitative estimate of drug-likeness (QED) is 0.775. The Labute approximate surface area is 125 Å².